The van der Waals surface area contributed by atoms with Gasteiger partial charge in [-0.2, -0.15) is 10.1 Å². The summed E-state index contributed by atoms with van der Waals surface area (Å²) in [6.07, 6.45) is 5.66. The average Bonchev–Trinajstić information content (AvgIpc) is 2.54. The van der Waals surface area contributed by atoms with Crippen LogP contribution >= 0.6 is 0 Å². The fraction of sp³-hybridized carbons (Fsp3) is 1.00. The van der Waals surface area contributed by atoms with Crippen LogP contribution in [0.3, 0.4) is 0 Å². The summed E-state index contributed by atoms with van der Waals surface area (Å²) in [6.45, 7) is 2.78. The lowest BCUT2D eigenvalue weighted by atomic mass is 10.2. The minimum absolute atomic E-state index is 0.0851. The van der Waals surface area contributed by atoms with E-state index in [1.165, 1.54) is 24.3 Å². The van der Waals surface area contributed by atoms with Gasteiger partial charge in [0.15, 0.2) is 6.23 Å². The Balaban J connectivity index is 1.75. The fourth-order valence-corrected chi connectivity index (χ4v) is 1.97. The van der Waals surface area contributed by atoms with Crippen molar-refractivity contribution in [2.45, 2.75) is 38.3 Å². The summed E-state index contributed by atoms with van der Waals surface area (Å²) in [5.74, 6) is 0. The van der Waals surface area contributed by atoms with E-state index in [0.717, 1.165) is 32.5 Å². The normalized spacial score (nSPS) is 32.5. The second-order valence-corrected chi connectivity index (χ2v) is 3.86. The first-order valence-electron chi connectivity index (χ1n) is 5.23. The van der Waals surface area contributed by atoms with Gasteiger partial charge in [-0.1, -0.05) is 6.42 Å². The Morgan fingerprint density at radius 3 is 2.38 bits per heavy atom. The van der Waals surface area contributed by atoms with Crippen molar-refractivity contribution in [3.05, 3.63) is 0 Å². The van der Waals surface area contributed by atoms with Crippen LogP contribution in [0.25, 0.3) is 0 Å². The van der Waals surface area contributed by atoms with Crippen molar-refractivity contribution in [1.82, 2.24) is 10.1 Å². The molecule has 0 amide bonds. The second kappa shape index (κ2) is 4.37. The van der Waals surface area contributed by atoms with E-state index in [-0.39, 0.29) is 6.23 Å². The Bertz CT molecular complexity index is 160. The summed E-state index contributed by atoms with van der Waals surface area (Å²) in [4.78, 5) is 5.67. The summed E-state index contributed by atoms with van der Waals surface area (Å²) < 4.78 is 0. The molecule has 13 heavy (non-hydrogen) atoms. The Kier molecular flexibility index (Phi) is 3.16. The van der Waals surface area contributed by atoms with Crippen LogP contribution in [0.15, 0.2) is 0 Å². The Morgan fingerprint density at radius 2 is 1.77 bits per heavy atom. The Morgan fingerprint density at radius 1 is 1.00 bits per heavy atom. The van der Waals surface area contributed by atoms with E-state index in [9.17, 15) is 5.21 Å². The third-order valence-electron chi connectivity index (χ3n) is 2.76. The van der Waals surface area contributed by atoms with Gasteiger partial charge >= 0.3 is 0 Å². The van der Waals surface area contributed by atoms with E-state index < -0.39 is 0 Å². The van der Waals surface area contributed by atoms with Crippen LogP contribution in [0.5, 0.6) is 0 Å². The van der Waals surface area contributed by atoms with E-state index >= 15 is 0 Å². The van der Waals surface area contributed by atoms with Crippen LogP contribution in [0, 0.1) is 0 Å². The molecule has 0 bridgehead atoms. The van der Waals surface area contributed by atoms with Gasteiger partial charge in [0.05, 0.1) is 0 Å². The molecule has 4 nitrogen and oxygen atoms in total. The molecule has 1 unspecified atom stereocenters. The highest BCUT2D eigenvalue weighted by molar-refractivity contribution is 4.65. The van der Waals surface area contributed by atoms with Gasteiger partial charge in [-0.25, -0.2) is 0 Å². The van der Waals surface area contributed by atoms with Crippen LogP contribution in [0.2, 0.25) is 0 Å². The van der Waals surface area contributed by atoms with E-state index in [1.807, 2.05) is 5.06 Å². The summed E-state index contributed by atoms with van der Waals surface area (Å²) in [7, 11) is 0. The minimum atomic E-state index is -0.0851. The lowest BCUT2D eigenvalue weighted by Gasteiger charge is -2.30. The fourth-order valence-electron chi connectivity index (χ4n) is 1.97. The first-order valence-corrected chi connectivity index (χ1v) is 5.23. The van der Waals surface area contributed by atoms with Crippen LogP contribution in [-0.2, 0) is 4.84 Å². The predicted octanol–water partition coefficient (Wildman–Crippen LogP) is 1.21. The zero-order valence-electron chi connectivity index (χ0n) is 7.98. The van der Waals surface area contributed by atoms with Crippen molar-refractivity contribution < 1.29 is 10.0 Å². The molecule has 2 saturated heterocycles. The van der Waals surface area contributed by atoms with Crippen LogP contribution in [0.4, 0.5) is 0 Å². The quantitative estimate of drug-likeness (QED) is 0.703. The van der Waals surface area contributed by atoms with Gasteiger partial charge in [-0.3, -0.25) is 4.84 Å². The van der Waals surface area contributed by atoms with Gasteiger partial charge < -0.3 is 5.21 Å². The van der Waals surface area contributed by atoms with Gasteiger partial charge in [-0.15, -0.1) is 0 Å². The van der Waals surface area contributed by atoms with E-state index in [1.54, 1.807) is 0 Å². The molecule has 76 valence electrons. The van der Waals surface area contributed by atoms with Gasteiger partial charge in [-0.05, 0) is 25.7 Å². The lowest BCUT2D eigenvalue weighted by Crippen LogP contribution is -2.39. The van der Waals surface area contributed by atoms with Crippen LogP contribution in [-0.4, -0.2) is 41.2 Å². The predicted molar refractivity (Wildman–Crippen MR) is 48.0 cm³/mol. The SMILES string of the molecule is ON1CCCC1ON1CCCCC1. The largest absolute Gasteiger partial charge is 0.311 e. The Labute approximate surface area is 79.0 Å². The molecule has 2 rings (SSSR count). The van der Waals surface area contributed by atoms with E-state index in [2.05, 4.69) is 0 Å². The van der Waals surface area contributed by atoms with E-state index in [4.69, 9.17) is 4.84 Å². The zero-order valence-corrected chi connectivity index (χ0v) is 7.98. The molecule has 0 aliphatic carbocycles. The average molecular weight is 186 g/mol. The summed E-state index contributed by atoms with van der Waals surface area (Å²) in [5, 5.41) is 12.7. The number of hydrogen-bond donors (Lipinski definition) is 1. The molecule has 1 N–H and O–H groups in total. The molecule has 1 atom stereocenters. The molecule has 0 aromatic rings. The van der Waals surface area contributed by atoms with Crippen molar-refractivity contribution in [2.24, 2.45) is 0 Å². The molecule has 0 aromatic carbocycles. The highest BCUT2D eigenvalue weighted by atomic mass is 16.7. The molecular weight excluding hydrogens is 168 g/mol. The molecule has 2 heterocycles. The molecule has 0 spiro atoms. The number of rotatable bonds is 2. The molecule has 2 aliphatic rings. The summed E-state index contributed by atoms with van der Waals surface area (Å²) in [6, 6.07) is 0. The smallest absolute Gasteiger partial charge is 0.154 e. The van der Waals surface area contributed by atoms with Gasteiger partial charge in [0.2, 0.25) is 0 Å². The molecule has 0 saturated carbocycles. The minimum Gasteiger partial charge on any atom is -0.311 e. The zero-order chi connectivity index (χ0) is 9.10. The number of hydroxylamine groups is 4. The number of nitrogens with zero attached hydrogens (tertiary/aromatic N) is 2. The van der Waals surface area contributed by atoms with Crippen molar-refractivity contribution in [3.8, 4) is 0 Å². The third-order valence-corrected chi connectivity index (χ3v) is 2.76. The van der Waals surface area contributed by atoms with Crippen molar-refractivity contribution >= 4 is 0 Å². The highest BCUT2D eigenvalue weighted by Gasteiger charge is 2.26. The maximum Gasteiger partial charge on any atom is 0.154 e. The van der Waals surface area contributed by atoms with Crippen molar-refractivity contribution in [2.75, 3.05) is 19.6 Å². The topological polar surface area (TPSA) is 35.9 Å². The van der Waals surface area contributed by atoms with Gasteiger partial charge in [0.25, 0.3) is 0 Å². The maximum absolute atomic E-state index is 9.40. The number of hydrogen-bond acceptors (Lipinski definition) is 4. The second-order valence-electron chi connectivity index (χ2n) is 3.86. The lowest BCUT2D eigenvalue weighted by molar-refractivity contribution is -0.292. The molecule has 0 radical (unpaired) electrons. The third kappa shape index (κ3) is 2.40. The first kappa shape index (κ1) is 9.40. The monoisotopic (exact) mass is 186 g/mol. The van der Waals surface area contributed by atoms with Gasteiger partial charge in [0, 0.05) is 19.6 Å². The van der Waals surface area contributed by atoms with Crippen LogP contribution in [0.1, 0.15) is 32.1 Å². The molecule has 2 aliphatic heterocycles. The van der Waals surface area contributed by atoms with Crippen LogP contribution < -0.4 is 0 Å². The standard InChI is InChI=1S/C9H18N2O2/c12-11-8-4-5-9(11)13-10-6-2-1-3-7-10/h9,12H,1-8H2. The molecular formula is C9H18N2O2. The molecule has 0 aromatic heterocycles. The summed E-state index contributed by atoms with van der Waals surface area (Å²) >= 11 is 0. The van der Waals surface area contributed by atoms with Gasteiger partial charge in [0.1, 0.15) is 0 Å². The summed E-state index contributed by atoms with van der Waals surface area (Å²) in [5.41, 5.74) is 0. The van der Waals surface area contributed by atoms with E-state index in [0.29, 0.717) is 0 Å². The Hall–Kier alpha value is -0.160. The maximum atomic E-state index is 9.40. The highest BCUT2D eigenvalue weighted by Crippen LogP contribution is 2.19. The number of piperidine rings is 1. The first-order chi connectivity index (χ1) is 6.36. The van der Waals surface area contributed by atoms with Crippen molar-refractivity contribution in [3.63, 3.8) is 0 Å². The van der Waals surface area contributed by atoms with Crippen molar-refractivity contribution in [1.29, 1.82) is 0 Å². The molecule has 2 fully saturated rings. The molecule has 4 heteroatoms.